The van der Waals surface area contributed by atoms with Crippen LogP contribution in [0.3, 0.4) is 0 Å². The molecule has 1 N–H and O–H groups in total. The molecule has 0 unspecified atom stereocenters. The number of carbonyl (C=O) groups is 1. The van der Waals surface area contributed by atoms with E-state index in [1.54, 1.807) is 36.4 Å². The second-order valence-corrected chi connectivity index (χ2v) is 9.53. The lowest BCUT2D eigenvalue weighted by atomic mass is 10.1. The number of rotatable bonds is 7. The molecule has 0 atom stereocenters. The van der Waals surface area contributed by atoms with Crippen LogP contribution in [0, 0.1) is 19.7 Å². The van der Waals surface area contributed by atoms with Gasteiger partial charge < -0.3 is 5.32 Å². The zero-order chi connectivity index (χ0) is 22.6. The van der Waals surface area contributed by atoms with Gasteiger partial charge in [-0.2, -0.15) is 0 Å². The summed E-state index contributed by atoms with van der Waals surface area (Å²) in [5, 5.41) is 2.75. The molecule has 0 spiro atoms. The molecule has 3 aromatic rings. The van der Waals surface area contributed by atoms with E-state index in [4.69, 9.17) is 0 Å². The van der Waals surface area contributed by atoms with E-state index in [2.05, 4.69) is 5.32 Å². The van der Waals surface area contributed by atoms with Crippen LogP contribution in [0.25, 0.3) is 0 Å². The van der Waals surface area contributed by atoms with Crippen molar-refractivity contribution in [3.05, 3.63) is 100 Å². The molecule has 0 aliphatic heterocycles. The summed E-state index contributed by atoms with van der Waals surface area (Å²) in [4.78, 5) is 12.4. The average Bonchev–Trinajstić information content (AvgIpc) is 2.69. The summed E-state index contributed by atoms with van der Waals surface area (Å²) < 4.78 is 39.4. The van der Waals surface area contributed by atoms with Crippen LogP contribution in [-0.2, 0) is 23.1 Å². The number of nitrogens with zero attached hydrogens (tertiary/aromatic N) is 1. The van der Waals surface area contributed by atoms with E-state index >= 15 is 0 Å². The molecule has 3 aromatic carbocycles. The minimum absolute atomic E-state index is 0.160. The number of sulfonamides is 1. The summed E-state index contributed by atoms with van der Waals surface area (Å²) in [5.41, 5.74) is 4.44. The van der Waals surface area contributed by atoms with E-state index < -0.39 is 10.0 Å². The second-order valence-electron chi connectivity index (χ2n) is 7.63. The van der Waals surface area contributed by atoms with Gasteiger partial charge in [0.05, 0.1) is 18.5 Å². The summed E-state index contributed by atoms with van der Waals surface area (Å²) in [6.07, 6.45) is 1.18. The van der Waals surface area contributed by atoms with Gasteiger partial charge in [0.1, 0.15) is 5.82 Å². The SMILES string of the molecule is Cc1cc(C)cc(N(Cc2ccc(C(=O)NCc3cccc(F)c3)cc2)S(C)(=O)=O)c1. The molecule has 0 radical (unpaired) electrons. The van der Waals surface area contributed by atoms with Gasteiger partial charge in [-0.25, -0.2) is 12.8 Å². The number of carbonyl (C=O) groups excluding carboxylic acids is 1. The third-order valence-corrected chi connectivity index (χ3v) is 5.92. The zero-order valence-corrected chi connectivity index (χ0v) is 18.5. The van der Waals surface area contributed by atoms with Gasteiger partial charge in [-0.3, -0.25) is 9.10 Å². The van der Waals surface area contributed by atoms with Crippen molar-refractivity contribution >= 4 is 21.6 Å². The van der Waals surface area contributed by atoms with Gasteiger partial charge in [0.2, 0.25) is 10.0 Å². The predicted octanol–water partition coefficient (Wildman–Crippen LogP) is 4.34. The minimum atomic E-state index is -3.50. The minimum Gasteiger partial charge on any atom is -0.348 e. The van der Waals surface area contributed by atoms with Crippen LogP contribution in [-0.4, -0.2) is 20.6 Å². The number of hydrogen-bond donors (Lipinski definition) is 1. The molecular formula is C24H25FN2O3S. The summed E-state index contributed by atoms with van der Waals surface area (Å²) in [6, 6.07) is 18.5. The van der Waals surface area contributed by atoms with Crippen LogP contribution in [0.5, 0.6) is 0 Å². The number of hydrogen-bond acceptors (Lipinski definition) is 3. The fourth-order valence-corrected chi connectivity index (χ4v) is 4.23. The summed E-state index contributed by atoms with van der Waals surface area (Å²) in [6.45, 7) is 4.22. The smallest absolute Gasteiger partial charge is 0.251 e. The lowest BCUT2D eigenvalue weighted by Crippen LogP contribution is -2.29. The first-order valence-corrected chi connectivity index (χ1v) is 11.6. The molecule has 1 amide bonds. The van der Waals surface area contributed by atoms with Gasteiger partial charge in [-0.15, -0.1) is 0 Å². The molecule has 0 fully saturated rings. The van der Waals surface area contributed by atoms with Crippen LogP contribution in [0.1, 0.15) is 32.6 Å². The Balaban J connectivity index is 1.72. The van der Waals surface area contributed by atoms with E-state index in [0.29, 0.717) is 16.8 Å². The Morgan fingerprint density at radius 3 is 2.16 bits per heavy atom. The number of amides is 1. The monoisotopic (exact) mass is 440 g/mol. The number of nitrogens with one attached hydrogen (secondary N) is 1. The van der Waals surface area contributed by atoms with Crippen molar-refractivity contribution in [1.82, 2.24) is 5.32 Å². The van der Waals surface area contributed by atoms with Crippen LogP contribution in [0.15, 0.2) is 66.7 Å². The van der Waals surface area contributed by atoms with Gasteiger partial charge in [0.15, 0.2) is 0 Å². The van der Waals surface area contributed by atoms with Gasteiger partial charge in [-0.05, 0) is 72.5 Å². The lowest BCUT2D eigenvalue weighted by molar-refractivity contribution is 0.0951. The molecule has 7 heteroatoms. The number of halogens is 1. The fourth-order valence-electron chi connectivity index (χ4n) is 3.35. The van der Waals surface area contributed by atoms with E-state index in [1.807, 2.05) is 32.0 Å². The first-order chi connectivity index (χ1) is 14.6. The van der Waals surface area contributed by atoms with E-state index in [1.165, 1.54) is 22.7 Å². The quantitative estimate of drug-likeness (QED) is 0.594. The van der Waals surface area contributed by atoms with Crippen LogP contribution in [0.2, 0.25) is 0 Å². The summed E-state index contributed by atoms with van der Waals surface area (Å²) >= 11 is 0. The highest BCUT2D eigenvalue weighted by Gasteiger charge is 2.19. The van der Waals surface area contributed by atoms with Crippen LogP contribution >= 0.6 is 0 Å². The van der Waals surface area contributed by atoms with Crippen molar-refractivity contribution in [2.24, 2.45) is 0 Å². The van der Waals surface area contributed by atoms with Gasteiger partial charge in [-0.1, -0.05) is 30.3 Å². The van der Waals surface area contributed by atoms with Gasteiger partial charge in [0, 0.05) is 12.1 Å². The maximum Gasteiger partial charge on any atom is 0.251 e. The Bertz CT molecular complexity index is 1170. The molecule has 0 heterocycles. The van der Waals surface area contributed by atoms with Crippen molar-refractivity contribution in [1.29, 1.82) is 0 Å². The summed E-state index contributed by atoms with van der Waals surface area (Å²) in [5.74, 6) is -0.638. The number of anilines is 1. The van der Waals surface area contributed by atoms with E-state index in [0.717, 1.165) is 16.7 Å². The number of aryl methyl sites for hydroxylation is 2. The van der Waals surface area contributed by atoms with E-state index in [9.17, 15) is 17.6 Å². The molecule has 0 aliphatic carbocycles. The Labute approximate surface area is 182 Å². The standard InChI is InChI=1S/C24H25FN2O3S/c1-17-11-18(2)13-23(12-17)27(31(3,29)30)16-19-7-9-21(10-8-19)24(28)26-15-20-5-4-6-22(25)14-20/h4-14H,15-16H2,1-3H3,(H,26,28). The first kappa shape index (κ1) is 22.5. The van der Waals surface area contributed by atoms with Gasteiger partial charge in [0.25, 0.3) is 5.91 Å². The molecule has 0 aliphatic rings. The molecule has 31 heavy (non-hydrogen) atoms. The highest BCUT2D eigenvalue weighted by molar-refractivity contribution is 7.92. The van der Waals surface area contributed by atoms with Gasteiger partial charge >= 0.3 is 0 Å². The Morgan fingerprint density at radius 2 is 1.58 bits per heavy atom. The molecular weight excluding hydrogens is 415 g/mol. The molecule has 0 bridgehead atoms. The van der Waals surface area contributed by atoms with Crippen LogP contribution < -0.4 is 9.62 Å². The van der Waals surface area contributed by atoms with Crippen molar-refractivity contribution in [3.63, 3.8) is 0 Å². The highest BCUT2D eigenvalue weighted by Crippen LogP contribution is 2.23. The van der Waals surface area contributed by atoms with Crippen LogP contribution in [0.4, 0.5) is 10.1 Å². The van der Waals surface area contributed by atoms with E-state index in [-0.39, 0.29) is 24.8 Å². The third-order valence-electron chi connectivity index (χ3n) is 4.78. The topological polar surface area (TPSA) is 66.5 Å². The Morgan fingerprint density at radius 1 is 0.935 bits per heavy atom. The third kappa shape index (κ3) is 6.15. The molecule has 3 rings (SSSR count). The first-order valence-electron chi connectivity index (χ1n) is 9.79. The zero-order valence-electron chi connectivity index (χ0n) is 17.7. The second kappa shape index (κ2) is 9.31. The molecule has 0 saturated carbocycles. The molecule has 162 valence electrons. The van der Waals surface area contributed by atoms with Crippen molar-refractivity contribution < 1.29 is 17.6 Å². The van der Waals surface area contributed by atoms with Crippen molar-refractivity contribution in [2.45, 2.75) is 26.9 Å². The Kier molecular flexibility index (Phi) is 6.75. The molecule has 5 nitrogen and oxygen atoms in total. The van der Waals surface area contributed by atoms with Crippen molar-refractivity contribution in [2.75, 3.05) is 10.6 Å². The average molecular weight is 441 g/mol. The highest BCUT2D eigenvalue weighted by atomic mass is 32.2. The predicted molar refractivity (Wildman–Crippen MR) is 121 cm³/mol. The fraction of sp³-hybridized carbons (Fsp3) is 0.208. The maximum absolute atomic E-state index is 13.3. The molecule has 0 saturated heterocycles. The lowest BCUT2D eigenvalue weighted by Gasteiger charge is -2.23. The largest absolute Gasteiger partial charge is 0.348 e. The summed E-state index contributed by atoms with van der Waals surface area (Å²) in [7, 11) is -3.50. The van der Waals surface area contributed by atoms with Crippen molar-refractivity contribution in [3.8, 4) is 0 Å². The molecule has 0 aromatic heterocycles. The Hall–Kier alpha value is -3.19. The number of benzene rings is 3. The normalized spacial score (nSPS) is 11.2. The maximum atomic E-state index is 13.3.